The van der Waals surface area contributed by atoms with Gasteiger partial charge in [0.2, 0.25) is 5.91 Å². The maximum atomic E-state index is 12.2. The van der Waals surface area contributed by atoms with E-state index in [1.54, 1.807) is 7.11 Å². The molecule has 0 radical (unpaired) electrons. The van der Waals surface area contributed by atoms with Crippen molar-refractivity contribution in [2.75, 3.05) is 18.2 Å². The number of para-hydroxylation sites is 1. The minimum Gasteiger partial charge on any atom is -0.497 e. The van der Waals surface area contributed by atoms with E-state index in [-0.39, 0.29) is 5.91 Å². The summed E-state index contributed by atoms with van der Waals surface area (Å²) >= 11 is 4.84. The molecule has 1 amide bonds. The van der Waals surface area contributed by atoms with Crippen molar-refractivity contribution >= 4 is 50.2 Å². The quantitative estimate of drug-likeness (QED) is 0.591. The Morgan fingerprint density at radius 1 is 1.24 bits per heavy atom. The van der Waals surface area contributed by atoms with Crippen LogP contribution in [0.4, 0.5) is 5.69 Å². The van der Waals surface area contributed by atoms with E-state index < -0.39 is 0 Å². The lowest BCUT2D eigenvalue weighted by Crippen LogP contribution is -2.14. The molecule has 128 valence electrons. The number of aryl methyl sites for hydroxylation is 1. The number of amides is 1. The molecule has 3 aromatic rings. The lowest BCUT2D eigenvalue weighted by molar-refractivity contribution is -0.113. The number of methoxy groups -OCH3 is 1. The zero-order chi connectivity index (χ0) is 17.8. The minimum atomic E-state index is -0.0675. The molecular formula is C19H17BrN2O2S. The van der Waals surface area contributed by atoms with Crippen LogP contribution in [0.5, 0.6) is 5.75 Å². The molecule has 1 aromatic heterocycles. The molecule has 1 N–H and O–H groups in total. The van der Waals surface area contributed by atoms with Crippen LogP contribution in [0.1, 0.15) is 5.56 Å². The summed E-state index contributed by atoms with van der Waals surface area (Å²) in [6, 6.07) is 15.4. The van der Waals surface area contributed by atoms with Gasteiger partial charge in [-0.3, -0.25) is 4.79 Å². The fourth-order valence-corrected chi connectivity index (χ4v) is 3.60. The molecule has 0 aliphatic carbocycles. The molecule has 0 fully saturated rings. The van der Waals surface area contributed by atoms with Crippen LogP contribution in [0.3, 0.4) is 0 Å². The molecular weight excluding hydrogens is 400 g/mol. The van der Waals surface area contributed by atoms with E-state index in [0.29, 0.717) is 5.75 Å². The van der Waals surface area contributed by atoms with Crippen LogP contribution in [-0.4, -0.2) is 23.8 Å². The maximum absolute atomic E-state index is 12.2. The molecule has 25 heavy (non-hydrogen) atoms. The van der Waals surface area contributed by atoms with Crippen LogP contribution in [-0.2, 0) is 4.79 Å². The van der Waals surface area contributed by atoms with Crippen molar-refractivity contribution in [1.29, 1.82) is 0 Å². The molecule has 0 aliphatic rings. The minimum absolute atomic E-state index is 0.0675. The summed E-state index contributed by atoms with van der Waals surface area (Å²) in [5.41, 5.74) is 2.76. The van der Waals surface area contributed by atoms with E-state index in [0.717, 1.165) is 37.4 Å². The molecule has 2 aromatic carbocycles. The number of halogens is 1. The summed E-state index contributed by atoms with van der Waals surface area (Å²) in [7, 11) is 1.64. The first-order chi connectivity index (χ1) is 12.1. The number of rotatable bonds is 5. The van der Waals surface area contributed by atoms with E-state index in [1.807, 2.05) is 55.5 Å². The molecule has 4 nitrogen and oxygen atoms in total. The number of carbonyl (C=O) groups excluding carboxylic acids is 1. The number of carbonyl (C=O) groups is 1. The average Bonchev–Trinajstić information content (AvgIpc) is 2.61. The Bertz CT molecular complexity index is 930. The predicted molar refractivity (Wildman–Crippen MR) is 107 cm³/mol. The van der Waals surface area contributed by atoms with Gasteiger partial charge in [0, 0.05) is 15.9 Å². The van der Waals surface area contributed by atoms with Crippen LogP contribution in [0, 0.1) is 6.92 Å². The van der Waals surface area contributed by atoms with E-state index >= 15 is 0 Å². The van der Waals surface area contributed by atoms with Gasteiger partial charge in [-0.1, -0.05) is 23.9 Å². The maximum Gasteiger partial charge on any atom is 0.234 e. The highest BCUT2D eigenvalue weighted by atomic mass is 79.9. The van der Waals surface area contributed by atoms with Crippen molar-refractivity contribution in [3.05, 3.63) is 58.6 Å². The number of benzene rings is 2. The number of nitrogens with one attached hydrogen (secondary N) is 1. The Kier molecular flexibility index (Phi) is 5.60. The van der Waals surface area contributed by atoms with E-state index in [9.17, 15) is 4.79 Å². The fraction of sp³-hybridized carbons (Fsp3) is 0.158. The van der Waals surface area contributed by atoms with Crippen LogP contribution in [0.2, 0.25) is 0 Å². The van der Waals surface area contributed by atoms with Gasteiger partial charge in [-0.25, -0.2) is 4.98 Å². The number of fused-ring (bicyclic) bond motifs is 1. The Labute approximate surface area is 159 Å². The Hall–Kier alpha value is -2.05. The van der Waals surface area contributed by atoms with E-state index in [4.69, 9.17) is 4.74 Å². The van der Waals surface area contributed by atoms with Gasteiger partial charge < -0.3 is 10.1 Å². The smallest absolute Gasteiger partial charge is 0.234 e. The van der Waals surface area contributed by atoms with Gasteiger partial charge in [-0.2, -0.15) is 0 Å². The molecule has 0 spiro atoms. The highest BCUT2D eigenvalue weighted by Gasteiger charge is 2.09. The Balaban J connectivity index is 1.72. The Morgan fingerprint density at radius 3 is 2.80 bits per heavy atom. The second-order valence-electron chi connectivity index (χ2n) is 5.48. The number of nitrogens with zero attached hydrogens (tertiary/aromatic N) is 1. The number of pyridine rings is 1. The molecule has 0 saturated heterocycles. The first kappa shape index (κ1) is 17.8. The van der Waals surface area contributed by atoms with Gasteiger partial charge in [0.05, 0.1) is 29.1 Å². The summed E-state index contributed by atoms with van der Waals surface area (Å²) in [4.78, 5) is 16.8. The third-order valence-corrected chi connectivity index (χ3v) is 5.30. The lowest BCUT2D eigenvalue weighted by atomic mass is 10.1. The van der Waals surface area contributed by atoms with Crippen LogP contribution < -0.4 is 10.1 Å². The highest BCUT2D eigenvalue weighted by Crippen LogP contribution is 2.27. The van der Waals surface area contributed by atoms with Crippen LogP contribution in [0.25, 0.3) is 10.9 Å². The monoisotopic (exact) mass is 416 g/mol. The molecule has 0 bridgehead atoms. The van der Waals surface area contributed by atoms with Gasteiger partial charge in [-0.15, -0.1) is 0 Å². The number of hydrogen-bond acceptors (Lipinski definition) is 4. The number of anilines is 1. The lowest BCUT2D eigenvalue weighted by Gasteiger charge is -2.09. The molecule has 0 saturated carbocycles. The van der Waals surface area contributed by atoms with Gasteiger partial charge in [-0.05, 0) is 58.7 Å². The summed E-state index contributed by atoms with van der Waals surface area (Å²) in [6.45, 7) is 2.04. The van der Waals surface area contributed by atoms with Gasteiger partial charge in [0.25, 0.3) is 0 Å². The topological polar surface area (TPSA) is 51.2 Å². The second-order valence-corrected chi connectivity index (χ2v) is 7.33. The first-order valence-corrected chi connectivity index (χ1v) is 9.47. The largest absolute Gasteiger partial charge is 0.497 e. The molecule has 1 heterocycles. The SMILES string of the molecule is COc1ccc2c(C)cc(SCC(=O)Nc3ccccc3Br)nc2c1. The third kappa shape index (κ3) is 4.32. The highest BCUT2D eigenvalue weighted by molar-refractivity contribution is 9.10. The number of hydrogen-bond donors (Lipinski definition) is 1. The van der Waals surface area contributed by atoms with Crippen molar-refractivity contribution in [2.24, 2.45) is 0 Å². The van der Waals surface area contributed by atoms with Crippen molar-refractivity contribution in [2.45, 2.75) is 11.9 Å². The number of thioether (sulfide) groups is 1. The molecule has 6 heteroatoms. The first-order valence-electron chi connectivity index (χ1n) is 7.69. The normalized spacial score (nSPS) is 10.7. The summed E-state index contributed by atoms with van der Waals surface area (Å²) in [6.07, 6.45) is 0. The Morgan fingerprint density at radius 2 is 2.04 bits per heavy atom. The average molecular weight is 417 g/mol. The number of ether oxygens (including phenoxy) is 1. The van der Waals surface area contributed by atoms with Crippen molar-refractivity contribution < 1.29 is 9.53 Å². The molecule has 0 atom stereocenters. The molecule has 0 aliphatic heterocycles. The second kappa shape index (κ2) is 7.89. The molecule has 3 rings (SSSR count). The van der Waals surface area contributed by atoms with Crippen molar-refractivity contribution in [3.63, 3.8) is 0 Å². The summed E-state index contributed by atoms with van der Waals surface area (Å²) in [5, 5.41) is 4.80. The van der Waals surface area contributed by atoms with Crippen LogP contribution in [0.15, 0.2) is 58.0 Å². The summed E-state index contributed by atoms with van der Waals surface area (Å²) in [5.74, 6) is 0.999. The van der Waals surface area contributed by atoms with Gasteiger partial charge in [0.15, 0.2) is 0 Å². The van der Waals surface area contributed by atoms with Crippen molar-refractivity contribution in [3.8, 4) is 5.75 Å². The predicted octanol–water partition coefficient (Wildman–Crippen LogP) is 5.05. The zero-order valence-corrected chi connectivity index (χ0v) is 16.3. The summed E-state index contributed by atoms with van der Waals surface area (Å²) < 4.78 is 6.12. The zero-order valence-electron chi connectivity index (χ0n) is 13.9. The third-order valence-electron chi connectivity index (χ3n) is 3.70. The van der Waals surface area contributed by atoms with Crippen molar-refractivity contribution in [1.82, 2.24) is 4.98 Å². The standard InChI is InChI=1S/C19H17BrN2O2S/c1-12-9-19(22-17-10-13(24-2)7-8-14(12)17)25-11-18(23)21-16-6-4-3-5-15(16)20/h3-10H,11H2,1-2H3,(H,21,23). The molecule has 0 unspecified atom stereocenters. The van der Waals surface area contributed by atoms with Crippen LogP contribution >= 0.6 is 27.7 Å². The van der Waals surface area contributed by atoms with E-state index in [2.05, 4.69) is 26.2 Å². The van der Waals surface area contributed by atoms with Gasteiger partial charge >= 0.3 is 0 Å². The fourth-order valence-electron chi connectivity index (χ4n) is 2.44. The number of aromatic nitrogens is 1. The van der Waals surface area contributed by atoms with Gasteiger partial charge in [0.1, 0.15) is 5.75 Å². The van der Waals surface area contributed by atoms with E-state index in [1.165, 1.54) is 11.8 Å².